The fourth-order valence-corrected chi connectivity index (χ4v) is 2.75. The SMILES string of the molecule is Cc1nc(CNC(=O)NCC2(O)CCC2)oc1-c1ccc(Cl)cc1. The van der Waals surface area contributed by atoms with Gasteiger partial charge in [-0.15, -0.1) is 0 Å². The zero-order valence-electron chi connectivity index (χ0n) is 13.4. The molecule has 1 heterocycles. The molecule has 1 saturated carbocycles. The van der Waals surface area contributed by atoms with Crippen LogP contribution in [0.15, 0.2) is 28.7 Å². The number of aromatic nitrogens is 1. The second kappa shape index (κ2) is 6.83. The molecule has 2 aromatic rings. The number of halogens is 1. The first-order valence-electron chi connectivity index (χ1n) is 7.91. The van der Waals surface area contributed by atoms with Gasteiger partial charge in [0.25, 0.3) is 0 Å². The molecule has 0 saturated heterocycles. The molecular weight excluding hydrogens is 330 g/mol. The van der Waals surface area contributed by atoms with E-state index in [1.165, 1.54) is 0 Å². The Morgan fingerprint density at radius 1 is 1.33 bits per heavy atom. The first kappa shape index (κ1) is 16.8. The molecular formula is C17H20ClN3O3. The van der Waals surface area contributed by atoms with Gasteiger partial charge in [0.15, 0.2) is 5.76 Å². The second-order valence-electron chi connectivity index (χ2n) is 6.14. The Labute approximate surface area is 145 Å². The zero-order chi connectivity index (χ0) is 17.2. The van der Waals surface area contributed by atoms with Crippen molar-refractivity contribution in [2.45, 2.75) is 38.3 Å². The molecule has 128 valence electrons. The molecule has 1 aromatic carbocycles. The Balaban J connectivity index is 1.55. The normalized spacial score (nSPS) is 15.6. The molecule has 7 heteroatoms. The van der Waals surface area contributed by atoms with Crippen molar-refractivity contribution in [2.24, 2.45) is 0 Å². The summed E-state index contributed by atoms with van der Waals surface area (Å²) in [6, 6.07) is 6.95. The quantitative estimate of drug-likeness (QED) is 0.774. The summed E-state index contributed by atoms with van der Waals surface area (Å²) in [6.45, 7) is 2.29. The Morgan fingerprint density at radius 3 is 2.67 bits per heavy atom. The number of hydrogen-bond donors (Lipinski definition) is 3. The van der Waals surface area contributed by atoms with E-state index >= 15 is 0 Å². The lowest BCUT2D eigenvalue weighted by atomic mass is 9.80. The third-order valence-electron chi connectivity index (χ3n) is 4.21. The number of nitrogens with zero attached hydrogens (tertiary/aromatic N) is 1. The van der Waals surface area contributed by atoms with Gasteiger partial charge in [0.2, 0.25) is 5.89 Å². The van der Waals surface area contributed by atoms with Gasteiger partial charge in [0, 0.05) is 17.1 Å². The Kier molecular flexibility index (Phi) is 4.78. The summed E-state index contributed by atoms with van der Waals surface area (Å²) in [5.41, 5.74) is 0.893. The van der Waals surface area contributed by atoms with Crippen LogP contribution in [-0.2, 0) is 6.54 Å². The highest BCUT2D eigenvalue weighted by Crippen LogP contribution is 2.30. The van der Waals surface area contributed by atoms with Crippen LogP contribution in [0.2, 0.25) is 5.02 Å². The number of carbonyl (C=O) groups excluding carboxylic acids is 1. The summed E-state index contributed by atoms with van der Waals surface area (Å²) < 4.78 is 5.72. The van der Waals surface area contributed by atoms with E-state index in [0.29, 0.717) is 16.7 Å². The van der Waals surface area contributed by atoms with Gasteiger partial charge in [-0.3, -0.25) is 0 Å². The summed E-state index contributed by atoms with van der Waals surface area (Å²) in [5.74, 6) is 1.09. The van der Waals surface area contributed by atoms with Crippen LogP contribution in [-0.4, -0.2) is 28.3 Å². The van der Waals surface area contributed by atoms with Crippen LogP contribution >= 0.6 is 11.6 Å². The lowest BCUT2D eigenvalue weighted by Gasteiger charge is -2.36. The molecule has 1 aliphatic rings. The summed E-state index contributed by atoms with van der Waals surface area (Å²) >= 11 is 5.89. The van der Waals surface area contributed by atoms with Gasteiger partial charge in [-0.1, -0.05) is 11.6 Å². The van der Waals surface area contributed by atoms with Crippen molar-refractivity contribution in [1.82, 2.24) is 15.6 Å². The average Bonchev–Trinajstić information content (AvgIpc) is 2.91. The van der Waals surface area contributed by atoms with Crippen LogP contribution < -0.4 is 10.6 Å². The molecule has 1 aromatic heterocycles. The molecule has 2 amide bonds. The first-order chi connectivity index (χ1) is 11.5. The van der Waals surface area contributed by atoms with E-state index in [1.54, 1.807) is 12.1 Å². The molecule has 0 unspecified atom stereocenters. The number of nitrogens with one attached hydrogen (secondary N) is 2. The van der Waals surface area contributed by atoms with E-state index in [0.717, 1.165) is 30.5 Å². The summed E-state index contributed by atoms with van der Waals surface area (Å²) in [5, 5.41) is 16.0. The minimum absolute atomic E-state index is 0.179. The average molecular weight is 350 g/mol. The maximum Gasteiger partial charge on any atom is 0.315 e. The van der Waals surface area contributed by atoms with Gasteiger partial charge in [-0.05, 0) is 50.5 Å². The number of aryl methyl sites for hydroxylation is 1. The van der Waals surface area contributed by atoms with Gasteiger partial charge < -0.3 is 20.2 Å². The van der Waals surface area contributed by atoms with E-state index in [9.17, 15) is 9.90 Å². The molecule has 0 atom stereocenters. The van der Waals surface area contributed by atoms with Crippen molar-refractivity contribution in [3.8, 4) is 11.3 Å². The minimum atomic E-state index is -0.737. The van der Waals surface area contributed by atoms with Crippen molar-refractivity contribution < 1.29 is 14.3 Å². The summed E-state index contributed by atoms with van der Waals surface area (Å²) in [7, 11) is 0. The number of urea groups is 1. The molecule has 0 spiro atoms. The van der Waals surface area contributed by atoms with Crippen molar-refractivity contribution in [1.29, 1.82) is 0 Å². The monoisotopic (exact) mass is 349 g/mol. The van der Waals surface area contributed by atoms with E-state index in [1.807, 2.05) is 19.1 Å². The number of oxazole rings is 1. The van der Waals surface area contributed by atoms with E-state index in [4.69, 9.17) is 16.0 Å². The van der Waals surface area contributed by atoms with E-state index in [2.05, 4.69) is 15.6 Å². The highest BCUT2D eigenvalue weighted by atomic mass is 35.5. The molecule has 6 nitrogen and oxygen atoms in total. The van der Waals surface area contributed by atoms with Crippen molar-refractivity contribution in [2.75, 3.05) is 6.54 Å². The lowest BCUT2D eigenvalue weighted by molar-refractivity contribution is -0.0290. The molecule has 0 aliphatic heterocycles. The van der Waals surface area contributed by atoms with E-state index < -0.39 is 5.60 Å². The lowest BCUT2D eigenvalue weighted by Crippen LogP contribution is -2.49. The van der Waals surface area contributed by atoms with Crippen LogP contribution in [0.25, 0.3) is 11.3 Å². The third-order valence-corrected chi connectivity index (χ3v) is 4.46. The summed E-state index contributed by atoms with van der Waals surface area (Å²) in [4.78, 5) is 16.1. The largest absolute Gasteiger partial charge is 0.438 e. The third kappa shape index (κ3) is 3.88. The topological polar surface area (TPSA) is 87.4 Å². The maximum absolute atomic E-state index is 11.8. The Morgan fingerprint density at radius 2 is 2.04 bits per heavy atom. The maximum atomic E-state index is 11.8. The van der Waals surface area contributed by atoms with Crippen LogP contribution in [0.3, 0.4) is 0 Å². The van der Waals surface area contributed by atoms with E-state index in [-0.39, 0.29) is 19.1 Å². The number of amides is 2. The zero-order valence-corrected chi connectivity index (χ0v) is 14.2. The molecule has 1 fully saturated rings. The van der Waals surface area contributed by atoms with Crippen LogP contribution in [0.5, 0.6) is 0 Å². The number of benzene rings is 1. The molecule has 3 N–H and O–H groups in total. The van der Waals surface area contributed by atoms with Crippen LogP contribution in [0, 0.1) is 6.92 Å². The molecule has 0 bridgehead atoms. The van der Waals surface area contributed by atoms with Gasteiger partial charge in [0.1, 0.15) is 0 Å². The molecule has 24 heavy (non-hydrogen) atoms. The molecule has 0 radical (unpaired) electrons. The fraction of sp³-hybridized carbons (Fsp3) is 0.412. The number of aliphatic hydroxyl groups is 1. The standard InChI is InChI=1S/C17H20ClN3O3/c1-11-15(12-3-5-13(18)6-4-12)24-14(21-11)9-19-16(22)20-10-17(23)7-2-8-17/h3-6,23H,2,7-10H2,1H3,(H2,19,20,22). The predicted molar refractivity (Wildman–Crippen MR) is 90.7 cm³/mol. The summed E-state index contributed by atoms with van der Waals surface area (Å²) in [6.07, 6.45) is 2.47. The minimum Gasteiger partial charge on any atom is -0.438 e. The Hall–Kier alpha value is -2.05. The van der Waals surface area contributed by atoms with Crippen LogP contribution in [0.1, 0.15) is 30.8 Å². The van der Waals surface area contributed by atoms with Crippen molar-refractivity contribution >= 4 is 17.6 Å². The van der Waals surface area contributed by atoms with Crippen molar-refractivity contribution in [3.63, 3.8) is 0 Å². The Bertz CT molecular complexity index is 723. The fourth-order valence-electron chi connectivity index (χ4n) is 2.62. The van der Waals surface area contributed by atoms with Gasteiger partial charge >= 0.3 is 6.03 Å². The van der Waals surface area contributed by atoms with Crippen LogP contribution in [0.4, 0.5) is 4.79 Å². The van der Waals surface area contributed by atoms with Gasteiger partial charge in [0.05, 0.1) is 17.8 Å². The second-order valence-corrected chi connectivity index (χ2v) is 6.58. The molecule has 1 aliphatic carbocycles. The van der Waals surface area contributed by atoms with Gasteiger partial charge in [-0.25, -0.2) is 9.78 Å². The van der Waals surface area contributed by atoms with Gasteiger partial charge in [-0.2, -0.15) is 0 Å². The van der Waals surface area contributed by atoms with Crippen molar-refractivity contribution in [3.05, 3.63) is 40.9 Å². The highest BCUT2D eigenvalue weighted by Gasteiger charge is 2.34. The predicted octanol–water partition coefficient (Wildman–Crippen LogP) is 3.02. The first-order valence-corrected chi connectivity index (χ1v) is 8.29. The number of carbonyl (C=O) groups is 1. The molecule has 3 rings (SSSR count). The smallest absolute Gasteiger partial charge is 0.315 e. The number of rotatable bonds is 5. The highest BCUT2D eigenvalue weighted by molar-refractivity contribution is 6.30. The number of hydrogen-bond acceptors (Lipinski definition) is 4.